The molecule has 3 aromatic rings. The second-order valence-electron chi connectivity index (χ2n) is 10.8. The van der Waals surface area contributed by atoms with Gasteiger partial charge >= 0.3 is 12.2 Å². The van der Waals surface area contributed by atoms with Crippen LogP contribution in [0, 0.1) is 0 Å². The molecule has 3 heterocycles. The Labute approximate surface area is 240 Å². The number of hydrogen-bond acceptors (Lipinski definition) is 5. The van der Waals surface area contributed by atoms with Crippen LogP contribution in [0.15, 0.2) is 66.7 Å². The molecule has 0 bridgehead atoms. The molecule has 0 aliphatic carbocycles. The summed E-state index contributed by atoms with van der Waals surface area (Å²) in [5.74, 6) is 0.449. The van der Waals surface area contributed by atoms with E-state index < -0.39 is 36.1 Å². The van der Waals surface area contributed by atoms with Crippen molar-refractivity contribution in [1.82, 2.24) is 4.90 Å². The molecule has 1 saturated heterocycles. The summed E-state index contributed by atoms with van der Waals surface area (Å²) >= 11 is 0. The third-order valence-corrected chi connectivity index (χ3v) is 8.11. The van der Waals surface area contributed by atoms with Gasteiger partial charge in [-0.25, -0.2) is 4.79 Å². The molecule has 6 rings (SSSR count). The van der Waals surface area contributed by atoms with E-state index in [9.17, 15) is 27.9 Å². The van der Waals surface area contributed by atoms with Gasteiger partial charge in [0, 0.05) is 35.9 Å². The number of ether oxygens (including phenoxy) is 2. The second-order valence-corrected chi connectivity index (χ2v) is 10.8. The lowest BCUT2D eigenvalue weighted by atomic mass is 9.84. The minimum absolute atomic E-state index is 0.000800. The van der Waals surface area contributed by atoms with E-state index in [0.29, 0.717) is 30.9 Å². The van der Waals surface area contributed by atoms with Crippen LogP contribution in [0.5, 0.6) is 5.75 Å². The zero-order chi connectivity index (χ0) is 29.4. The van der Waals surface area contributed by atoms with Crippen LogP contribution >= 0.6 is 0 Å². The molecule has 8 nitrogen and oxygen atoms in total. The molecule has 0 radical (unpaired) electrons. The number of alkyl halides is 3. The van der Waals surface area contributed by atoms with E-state index in [1.807, 2.05) is 23.1 Å². The molecule has 1 fully saturated rings. The second kappa shape index (κ2) is 11.3. The van der Waals surface area contributed by atoms with E-state index in [2.05, 4.69) is 16.7 Å². The Morgan fingerprint density at radius 1 is 0.976 bits per heavy atom. The smallest absolute Gasteiger partial charge is 0.416 e. The minimum Gasteiger partial charge on any atom is -0.487 e. The number of urea groups is 1. The summed E-state index contributed by atoms with van der Waals surface area (Å²) in [5.41, 5.74) is 3.12. The number of carbonyl (C=O) groups is 2. The highest BCUT2D eigenvalue weighted by molar-refractivity contribution is 5.99. The number of aliphatic hydroxyl groups excluding tert-OH is 1. The van der Waals surface area contributed by atoms with E-state index >= 15 is 0 Å². The molecule has 220 valence electrons. The van der Waals surface area contributed by atoms with Crippen LogP contribution in [0.1, 0.15) is 41.0 Å². The summed E-state index contributed by atoms with van der Waals surface area (Å²) in [7, 11) is 0. The molecule has 0 spiro atoms. The fourth-order valence-electron chi connectivity index (χ4n) is 6.04. The molecule has 0 saturated carbocycles. The van der Waals surface area contributed by atoms with Gasteiger partial charge in [-0.3, -0.25) is 4.79 Å². The predicted octanol–water partition coefficient (Wildman–Crippen LogP) is 5.32. The molecule has 11 heteroatoms. The molecule has 4 atom stereocenters. The van der Waals surface area contributed by atoms with Crippen LogP contribution in [0.4, 0.5) is 29.3 Å². The van der Waals surface area contributed by atoms with Crippen molar-refractivity contribution in [2.24, 2.45) is 0 Å². The van der Waals surface area contributed by atoms with Gasteiger partial charge in [-0.2, -0.15) is 13.2 Å². The summed E-state index contributed by atoms with van der Waals surface area (Å²) in [6.45, 7) is 0.942. The molecule has 3 aliphatic rings. The summed E-state index contributed by atoms with van der Waals surface area (Å²) in [5, 5.41) is 15.3. The topological polar surface area (TPSA) is 100 Å². The quantitative estimate of drug-likeness (QED) is 0.379. The summed E-state index contributed by atoms with van der Waals surface area (Å²) in [6, 6.07) is 16.8. The van der Waals surface area contributed by atoms with Gasteiger partial charge < -0.3 is 30.1 Å². The fourth-order valence-corrected chi connectivity index (χ4v) is 6.04. The number of nitrogens with one attached hydrogen (secondary N) is 2. The molecule has 3 N–H and O–H groups in total. The van der Waals surface area contributed by atoms with E-state index in [-0.39, 0.29) is 30.5 Å². The van der Waals surface area contributed by atoms with Gasteiger partial charge in [0.2, 0.25) is 5.91 Å². The Morgan fingerprint density at radius 3 is 2.43 bits per heavy atom. The number of hydrogen-bond donors (Lipinski definition) is 3. The number of anilines is 2. The number of amides is 3. The van der Waals surface area contributed by atoms with Crippen LogP contribution in [0.3, 0.4) is 0 Å². The maximum Gasteiger partial charge on any atom is 0.416 e. The van der Waals surface area contributed by atoms with Gasteiger partial charge in [0.05, 0.1) is 24.7 Å². The van der Waals surface area contributed by atoms with E-state index in [4.69, 9.17) is 9.47 Å². The summed E-state index contributed by atoms with van der Waals surface area (Å²) in [4.78, 5) is 27.7. The van der Waals surface area contributed by atoms with Crippen molar-refractivity contribution in [2.45, 2.75) is 56.2 Å². The Hall–Kier alpha value is -4.09. The van der Waals surface area contributed by atoms with Crippen molar-refractivity contribution < 1.29 is 37.3 Å². The normalized spacial score (nSPS) is 22.8. The highest BCUT2D eigenvalue weighted by atomic mass is 19.4. The lowest BCUT2D eigenvalue weighted by Crippen LogP contribution is -2.48. The van der Waals surface area contributed by atoms with Gasteiger partial charge in [-0.15, -0.1) is 0 Å². The molecule has 3 amide bonds. The third-order valence-electron chi connectivity index (χ3n) is 8.11. The van der Waals surface area contributed by atoms with Crippen molar-refractivity contribution in [3.63, 3.8) is 0 Å². The molecule has 0 unspecified atom stereocenters. The van der Waals surface area contributed by atoms with Gasteiger partial charge in [0.1, 0.15) is 18.0 Å². The van der Waals surface area contributed by atoms with Crippen LogP contribution in [0.25, 0.3) is 0 Å². The maximum atomic E-state index is 13.2. The number of rotatable bonds is 5. The van der Waals surface area contributed by atoms with Crippen molar-refractivity contribution >= 4 is 23.3 Å². The number of benzene rings is 3. The fraction of sp³-hybridized carbons (Fsp3) is 0.355. The third kappa shape index (κ3) is 5.79. The Kier molecular flexibility index (Phi) is 7.54. The Balaban J connectivity index is 1.11. The van der Waals surface area contributed by atoms with Crippen LogP contribution in [0.2, 0.25) is 0 Å². The van der Waals surface area contributed by atoms with Gasteiger partial charge in [0.25, 0.3) is 0 Å². The number of fused-ring (bicyclic) bond motifs is 4. The van der Waals surface area contributed by atoms with E-state index in [1.54, 1.807) is 18.2 Å². The first-order valence-corrected chi connectivity index (χ1v) is 13.8. The number of halogens is 3. The van der Waals surface area contributed by atoms with Crippen molar-refractivity contribution in [1.29, 1.82) is 0 Å². The monoisotopic (exact) mass is 581 g/mol. The van der Waals surface area contributed by atoms with Gasteiger partial charge in [-0.1, -0.05) is 24.3 Å². The average molecular weight is 582 g/mol. The molecule has 0 aromatic heterocycles. The number of nitrogens with zero attached hydrogens (tertiary/aromatic N) is 1. The lowest BCUT2D eigenvalue weighted by Gasteiger charge is -2.38. The van der Waals surface area contributed by atoms with Crippen molar-refractivity contribution in [2.75, 3.05) is 23.8 Å². The average Bonchev–Trinajstić information content (AvgIpc) is 3.34. The highest BCUT2D eigenvalue weighted by Crippen LogP contribution is 2.47. The Morgan fingerprint density at radius 2 is 1.69 bits per heavy atom. The van der Waals surface area contributed by atoms with Crippen LogP contribution in [-0.4, -0.2) is 53.4 Å². The highest BCUT2D eigenvalue weighted by Gasteiger charge is 2.46. The zero-order valence-electron chi connectivity index (χ0n) is 22.6. The molecular weight excluding hydrogens is 551 g/mol. The maximum absolute atomic E-state index is 13.2. The first-order chi connectivity index (χ1) is 20.2. The van der Waals surface area contributed by atoms with Gasteiger partial charge in [-0.05, 0) is 66.4 Å². The van der Waals surface area contributed by atoms with Crippen molar-refractivity contribution in [3.8, 4) is 5.75 Å². The Bertz CT molecular complexity index is 1480. The van der Waals surface area contributed by atoms with Crippen LogP contribution in [-0.2, 0) is 28.7 Å². The van der Waals surface area contributed by atoms with Gasteiger partial charge in [0.15, 0.2) is 0 Å². The predicted molar refractivity (Wildman–Crippen MR) is 148 cm³/mol. The lowest BCUT2D eigenvalue weighted by molar-refractivity contribution is -0.149. The minimum atomic E-state index is -4.46. The summed E-state index contributed by atoms with van der Waals surface area (Å²) in [6.07, 6.45) is -4.43. The van der Waals surface area contributed by atoms with E-state index in [0.717, 1.165) is 29.7 Å². The van der Waals surface area contributed by atoms with Crippen molar-refractivity contribution in [3.05, 3.63) is 89.0 Å². The molecule has 42 heavy (non-hydrogen) atoms. The first-order valence-electron chi connectivity index (χ1n) is 13.8. The van der Waals surface area contributed by atoms with Crippen LogP contribution < -0.4 is 15.4 Å². The SMILES string of the molecule is O=C(Nc1ccc(C(F)(F)F)cc1)Nc1ccc2c(c1)[C@@H]1C[C@@H](CC(=O)N3CCc4ccccc4C3)O[C@@H](CO)[C@@H]1O2. The number of carbonyl (C=O) groups excluding carboxylic acids is 2. The number of aliphatic hydroxyl groups is 1. The zero-order valence-corrected chi connectivity index (χ0v) is 22.6. The van der Waals surface area contributed by atoms with E-state index in [1.165, 1.54) is 17.7 Å². The molecular formula is C31H30F3N3O5. The largest absolute Gasteiger partial charge is 0.487 e. The first kappa shape index (κ1) is 28.0. The molecule has 3 aromatic carbocycles. The standard InChI is InChI=1S/C31H30F3N3O5/c32-31(33,34)20-5-7-21(8-6-20)35-30(40)36-22-9-10-26-24(13-22)25-14-23(41-27(17-38)29(25)42-26)15-28(39)37-12-11-18-3-1-2-4-19(18)16-37/h1-10,13,23,25,27,29,38H,11-12,14-17H2,(H2,35,36,40)/t23-,25-,27-,29+/m0/s1. The summed E-state index contributed by atoms with van der Waals surface area (Å²) < 4.78 is 50.7. The molecule has 3 aliphatic heterocycles.